The monoisotopic (exact) mass is 460 g/mol. The van der Waals surface area contributed by atoms with E-state index >= 15 is 0 Å². The zero-order valence-corrected chi connectivity index (χ0v) is 19.1. The molecular weight excluding hydrogens is 436 g/mol. The molecule has 10 nitrogen and oxygen atoms in total. The van der Waals surface area contributed by atoms with Gasteiger partial charge in [0.25, 0.3) is 5.89 Å². The third-order valence-corrected chi connectivity index (χ3v) is 5.83. The van der Waals surface area contributed by atoms with Crippen molar-refractivity contribution >= 4 is 11.7 Å². The second-order valence-electron chi connectivity index (χ2n) is 7.84. The van der Waals surface area contributed by atoms with Crippen molar-refractivity contribution in [2.45, 2.75) is 13.0 Å². The van der Waals surface area contributed by atoms with E-state index < -0.39 is 0 Å². The Morgan fingerprint density at radius 1 is 1.06 bits per heavy atom. The van der Waals surface area contributed by atoms with Crippen LogP contribution < -0.4 is 14.8 Å². The van der Waals surface area contributed by atoms with Crippen molar-refractivity contribution in [3.05, 3.63) is 59.8 Å². The number of carbonyl (C=O) groups is 1. The van der Waals surface area contributed by atoms with Crippen LogP contribution in [0.15, 0.2) is 52.9 Å². The third kappa shape index (κ3) is 3.94. The van der Waals surface area contributed by atoms with Crippen LogP contribution in [0.2, 0.25) is 0 Å². The van der Waals surface area contributed by atoms with Crippen molar-refractivity contribution in [3.63, 3.8) is 0 Å². The summed E-state index contributed by atoms with van der Waals surface area (Å²) in [6.07, 6.45) is 0.658. The molecule has 0 radical (unpaired) electrons. The third-order valence-electron chi connectivity index (χ3n) is 5.83. The first-order valence-corrected chi connectivity index (χ1v) is 10.8. The van der Waals surface area contributed by atoms with Gasteiger partial charge < -0.3 is 24.1 Å². The molecule has 1 aliphatic rings. The molecule has 174 valence electrons. The van der Waals surface area contributed by atoms with E-state index in [1.165, 1.54) is 0 Å². The van der Waals surface area contributed by atoms with E-state index in [-0.39, 0.29) is 6.03 Å². The minimum atomic E-state index is -0.237. The van der Waals surface area contributed by atoms with Crippen molar-refractivity contribution in [1.82, 2.24) is 24.9 Å². The Labute approximate surface area is 196 Å². The Balaban J connectivity index is 1.38. The van der Waals surface area contributed by atoms with E-state index in [9.17, 15) is 4.79 Å². The van der Waals surface area contributed by atoms with Gasteiger partial charge in [-0.3, -0.25) is 4.68 Å². The van der Waals surface area contributed by atoms with Crippen molar-refractivity contribution in [3.8, 4) is 34.5 Å². The molecule has 0 saturated heterocycles. The molecule has 2 aromatic carbocycles. The highest BCUT2D eigenvalue weighted by molar-refractivity contribution is 5.91. The average molecular weight is 460 g/mol. The number of aryl methyl sites for hydroxylation is 1. The zero-order chi connectivity index (χ0) is 23.7. The van der Waals surface area contributed by atoms with E-state index in [4.69, 9.17) is 13.9 Å². The fraction of sp³-hybridized carbons (Fsp3) is 0.250. The number of amides is 2. The summed E-state index contributed by atoms with van der Waals surface area (Å²) in [5, 5.41) is 16.0. The number of benzene rings is 2. The van der Waals surface area contributed by atoms with Gasteiger partial charge >= 0.3 is 6.03 Å². The minimum Gasteiger partial charge on any atom is -0.497 e. The summed E-state index contributed by atoms with van der Waals surface area (Å²) in [4.78, 5) is 14.8. The number of ether oxygens (including phenoxy) is 2. The molecule has 3 heterocycles. The Kier molecular flexibility index (Phi) is 5.62. The van der Waals surface area contributed by atoms with Crippen LogP contribution in [0.4, 0.5) is 10.5 Å². The Morgan fingerprint density at radius 2 is 1.85 bits per heavy atom. The summed E-state index contributed by atoms with van der Waals surface area (Å²) in [5.41, 5.74) is 3.93. The molecule has 5 rings (SSSR count). The molecule has 0 bridgehead atoms. The fourth-order valence-corrected chi connectivity index (χ4v) is 4.05. The summed E-state index contributed by atoms with van der Waals surface area (Å²) in [6.45, 7) is 0.918. The zero-order valence-electron chi connectivity index (χ0n) is 19.1. The molecule has 1 N–H and O–H groups in total. The minimum absolute atomic E-state index is 0.237. The molecule has 0 saturated carbocycles. The van der Waals surface area contributed by atoms with Gasteiger partial charge in [0.2, 0.25) is 5.89 Å². The number of carbonyl (C=O) groups excluding carboxylic acids is 1. The van der Waals surface area contributed by atoms with Crippen molar-refractivity contribution in [2.24, 2.45) is 7.05 Å². The van der Waals surface area contributed by atoms with Crippen LogP contribution in [-0.4, -0.2) is 51.7 Å². The van der Waals surface area contributed by atoms with Crippen molar-refractivity contribution < 1.29 is 18.7 Å². The standard InChI is InChI=1S/C24H24N6O4/c1-29-19-11-12-30(24(31)25-18-10-9-16(32-2)13-20(18)33-3)14-17(19)21(28-29)23-27-26-22(34-23)15-7-5-4-6-8-15/h4-10,13H,11-12,14H2,1-3H3,(H,25,31). The first kappa shape index (κ1) is 21.5. The van der Waals surface area contributed by atoms with Gasteiger partial charge in [0.1, 0.15) is 11.5 Å². The average Bonchev–Trinajstić information content (AvgIpc) is 3.49. The largest absolute Gasteiger partial charge is 0.497 e. The summed E-state index contributed by atoms with van der Waals surface area (Å²) in [7, 11) is 5.01. The lowest BCUT2D eigenvalue weighted by atomic mass is 10.1. The molecule has 0 spiro atoms. The number of nitrogens with one attached hydrogen (secondary N) is 1. The molecule has 2 aromatic heterocycles. The first-order valence-electron chi connectivity index (χ1n) is 10.8. The Hall–Kier alpha value is -4.34. The molecule has 0 unspecified atom stereocenters. The van der Waals surface area contributed by atoms with Crippen molar-refractivity contribution in [1.29, 1.82) is 0 Å². The highest BCUT2D eigenvalue weighted by atomic mass is 16.5. The quantitative estimate of drug-likeness (QED) is 0.483. The number of urea groups is 1. The molecule has 4 aromatic rings. The van der Waals surface area contributed by atoms with Gasteiger partial charge in [-0.15, -0.1) is 10.2 Å². The molecule has 0 aliphatic carbocycles. The Bertz CT molecular complexity index is 1330. The van der Waals surface area contributed by atoms with Crippen LogP contribution in [0.3, 0.4) is 0 Å². The maximum Gasteiger partial charge on any atom is 0.322 e. The Morgan fingerprint density at radius 3 is 2.62 bits per heavy atom. The fourth-order valence-electron chi connectivity index (χ4n) is 4.05. The lowest BCUT2D eigenvalue weighted by Gasteiger charge is -2.28. The van der Waals surface area contributed by atoms with E-state index in [1.807, 2.05) is 42.1 Å². The summed E-state index contributed by atoms with van der Waals surface area (Å²) in [6, 6.07) is 14.6. The lowest BCUT2D eigenvalue weighted by Crippen LogP contribution is -2.39. The first-order chi connectivity index (χ1) is 16.6. The maximum atomic E-state index is 13.1. The van der Waals surface area contributed by atoms with E-state index in [2.05, 4.69) is 20.6 Å². The van der Waals surface area contributed by atoms with E-state index in [0.29, 0.717) is 54.2 Å². The number of methoxy groups -OCH3 is 2. The molecule has 0 fully saturated rings. The van der Waals surface area contributed by atoms with Gasteiger partial charge in [-0.05, 0) is 24.3 Å². The van der Waals surface area contributed by atoms with Gasteiger partial charge in [-0.2, -0.15) is 5.10 Å². The van der Waals surface area contributed by atoms with Gasteiger partial charge in [-0.1, -0.05) is 18.2 Å². The van der Waals surface area contributed by atoms with Crippen LogP contribution in [0.1, 0.15) is 11.3 Å². The second kappa shape index (κ2) is 8.89. The van der Waals surface area contributed by atoms with Gasteiger partial charge in [0.15, 0.2) is 5.69 Å². The van der Waals surface area contributed by atoms with Crippen LogP contribution in [0.25, 0.3) is 23.0 Å². The van der Waals surface area contributed by atoms with Crippen LogP contribution in [0, 0.1) is 0 Å². The number of fused-ring (bicyclic) bond motifs is 1. The second-order valence-corrected chi connectivity index (χ2v) is 7.84. The lowest BCUT2D eigenvalue weighted by molar-refractivity contribution is 0.205. The normalized spacial score (nSPS) is 12.9. The molecule has 10 heteroatoms. The molecule has 0 atom stereocenters. The SMILES string of the molecule is COc1ccc(NC(=O)N2CCc3c(c(-c4nnc(-c5ccccc5)o4)nn3C)C2)c(OC)c1. The van der Waals surface area contributed by atoms with E-state index in [0.717, 1.165) is 16.8 Å². The number of aromatic nitrogens is 4. The predicted molar refractivity (Wildman–Crippen MR) is 125 cm³/mol. The topological polar surface area (TPSA) is 108 Å². The summed E-state index contributed by atoms with van der Waals surface area (Å²) >= 11 is 0. The van der Waals surface area contributed by atoms with Gasteiger partial charge in [0, 0.05) is 42.9 Å². The highest BCUT2D eigenvalue weighted by Gasteiger charge is 2.30. The van der Waals surface area contributed by atoms with E-state index in [1.54, 1.807) is 37.3 Å². The van der Waals surface area contributed by atoms with Crippen LogP contribution in [-0.2, 0) is 20.0 Å². The number of hydrogen-bond acceptors (Lipinski definition) is 7. The number of hydrogen-bond donors (Lipinski definition) is 1. The number of rotatable bonds is 5. The predicted octanol–water partition coefficient (Wildman–Crippen LogP) is 3.74. The summed E-state index contributed by atoms with van der Waals surface area (Å²) in [5.74, 6) is 1.92. The highest BCUT2D eigenvalue weighted by Crippen LogP contribution is 2.32. The van der Waals surface area contributed by atoms with Crippen LogP contribution >= 0.6 is 0 Å². The molecule has 2 amide bonds. The maximum absolute atomic E-state index is 13.1. The van der Waals surface area contributed by atoms with Crippen LogP contribution in [0.5, 0.6) is 11.5 Å². The number of anilines is 1. The molecule has 34 heavy (non-hydrogen) atoms. The molecular formula is C24H24N6O4. The van der Waals surface area contributed by atoms with Crippen molar-refractivity contribution in [2.75, 3.05) is 26.1 Å². The van der Waals surface area contributed by atoms with Gasteiger partial charge in [0.05, 0.1) is 26.5 Å². The number of nitrogens with zero attached hydrogens (tertiary/aromatic N) is 5. The molecule has 1 aliphatic heterocycles. The van der Waals surface area contributed by atoms with Gasteiger partial charge in [-0.25, -0.2) is 4.79 Å². The smallest absolute Gasteiger partial charge is 0.322 e. The summed E-state index contributed by atoms with van der Waals surface area (Å²) < 4.78 is 18.4.